The molecule has 0 saturated carbocycles. The van der Waals surface area contributed by atoms with Gasteiger partial charge < -0.3 is 5.11 Å². The molecule has 1 rings (SSSR count). The summed E-state index contributed by atoms with van der Waals surface area (Å²) in [6.45, 7) is 1.44. The van der Waals surface area contributed by atoms with Gasteiger partial charge in [0.1, 0.15) is 0 Å². The van der Waals surface area contributed by atoms with Crippen LogP contribution in [0, 0.1) is 3.57 Å². The van der Waals surface area contributed by atoms with Gasteiger partial charge in [0.15, 0.2) is 0 Å². The van der Waals surface area contributed by atoms with Crippen LogP contribution in [0.2, 0.25) is 0 Å². The summed E-state index contributed by atoms with van der Waals surface area (Å²) in [5.74, 6) is 0. The molecule has 0 aliphatic carbocycles. The first-order chi connectivity index (χ1) is 6.30. The van der Waals surface area contributed by atoms with Crippen molar-refractivity contribution < 1.29 is 18.3 Å². The van der Waals surface area contributed by atoms with Gasteiger partial charge in [-0.2, -0.15) is 13.2 Å². The molecule has 0 amide bonds. The maximum atomic E-state index is 12.3. The largest absolute Gasteiger partial charge is 0.416 e. The molecular formula is C9H8F3IO. The highest BCUT2D eigenvalue weighted by atomic mass is 127. The van der Waals surface area contributed by atoms with Crippen molar-refractivity contribution in [1.29, 1.82) is 0 Å². The monoisotopic (exact) mass is 316 g/mol. The van der Waals surface area contributed by atoms with Crippen molar-refractivity contribution in [2.75, 3.05) is 0 Å². The third kappa shape index (κ3) is 2.84. The van der Waals surface area contributed by atoms with Crippen LogP contribution in [0.1, 0.15) is 24.2 Å². The standard InChI is InChI=1S/C9H8F3IO/c1-5(14)6-2-7(9(10,11)12)4-8(13)3-6/h2-5,14H,1H3. The summed E-state index contributed by atoms with van der Waals surface area (Å²) >= 11 is 1.79. The second kappa shape index (κ2) is 4.06. The first-order valence-corrected chi connectivity index (χ1v) is 4.94. The Kier molecular flexibility index (Phi) is 3.41. The molecule has 0 heterocycles. The van der Waals surface area contributed by atoms with E-state index in [1.165, 1.54) is 13.0 Å². The topological polar surface area (TPSA) is 20.2 Å². The number of alkyl halides is 3. The molecule has 14 heavy (non-hydrogen) atoms. The van der Waals surface area contributed by atoms with Crippen molar-refractivity contribution in [3.8, 4) is 0 Å². The van der Waals surface area contributed by atoms with Crippen molar-refractivity contribution in [2.45, 2.75) is 19.2 Å². The summed E-state index contributed by atoms with van der Waals surface area (Å²) in [5, 5.41) is 9.17. The van der Waals surface area contributed by atoms with E-state index in [-0.39, 0.29) is 5.56 Å². The molecule has 0 aliphatic rings. The Morgan fingerprint density at radius 3 is 2.29 bits per heavy atom. The molecule has 0 radical (unpaired) electrons. The summed E-state index contributed by atoms with van der Waals surface area (Å²) in [4.78, 5) is 0. The van der Waals surface area contributed by atoms with Gasteiger partial charge in [-0.25, -0.2) is 0 Å². The number of halogens is 4. The number of aliphatic hydroxyl groups excluding tert-OH is 1. The zero-order valence-corrected chi connectivity index (χ0v) is 9.43. The Hall–Kier alpha value is -0.300. The lowest BCUT2D eigenvalue weighted by molar-refractivity contribution is -0.137. The molecule has 1 atom stereocenters. The zero-order chi connectivity index (χ0) is 10.9. The molecular weight excluding hydrogens is 308 g/mol. The van der Waals surface area contributed by atoms with Gasteiger partial charge in [-0.15, -0.1) is 0 Å². The van der Waals surface area contributed by atoms with Crippen LogP contribution in [-0.4, -0.2) is 5.11 Å². The third-order valence-corrected chi connectivity index (χ3v) is 2.35. The van der Waals surface area contributed by atoms with Crippen LogP contribution in [-0.2, 0) is 6.18 Å². The Balaban J connectivity index is 3.21. The Morgan fingerprint density at radius 2 is 1.86 bits per heavy atom. The van der Waals surface area contributed by atoms with Crippen LogP contribution in [0.25, 0.3) is 0 Å². The minimum atomic E-state index is -4.36. The van der Waals surface area contributed by atoms with Gasteiger partial charge in [0.2, 0.25) is 0 Å². The molecule has 0 aromatic heterocycles. The van der Waals surface area contributed by atoms with Crippen molar-refractivity contribution >= 4 is 22.6 Å². The number of benzene rings is 1. The van der Waals surface area contributed by atoms with E-state index < -0.39 is 17.8 Å². The van der Waals surface area contributed by atoms with Crippen LogP contribution >= 0.6 is 22.6 Å². The van der Waals surface area contributed by atoms with Gasteiger partial charge in [0, 0.05) is 3.57 Å². The van der Waals surface area contributed by atoms with E-state index in [2.05, 4.69) is 0 Å². The highest BCUT2D eigenvalue weighted by molar-refractivity contribution is 14.1. The lowest BCUT2D eigenvalue weighted by Gasteiger charge is -2.11. The van der Waals surface area contributed by atoms with Crippen molar-refractivity contribution in [3.05, 3.63) is 32.9 Å². The number of rotatable bonds is 1. The zero-order valence-electron chi connectivity index (χ0n) is 7.27. The Bertz CT molecular complexity index is 333. The van der Waals surface area contributed by atoms with Crippen LogP contribution in [0.4, 0.5) is 13.2 Å². The van der Waals surface area contributed by atoms with Gasteiger partial charge in [-0.05, 0) is 53.3 Å². The van der Waals surface area contributed by atoms with Crippen molar-refractivity contribution in [1.82, 2.24) is 0 Å². The molecule has 1 aromatic carbocycles. The smallest absolute Gasteiger partial charge is 0.389 e. The summed E-state index contributed by atoms with van der Waals surface area (Å²) in [6, 6.07) is 3.54. The van der Waals surface area contributed by atoms with Gasteiger partial charge in [0.25, 0.3) is 0 Å². The fraction of sp³-hybridized carbons (Fsp3) is 0.333. The number of aliphatic hydroxyl groups is 1. The fourth-order valence-electron chi connectivity index (χ4n) is 1.02. The van der Waals surface area contributed by atoms with E-state index in [4.69, 9.17) is 5.11 Å². The molecule has 0 spiro atoms. The summed E-state index contributed by atoms with van der Waals surface area (Å²) in [6.07, 6.45) is -5.24. The molecule has 1 N–H and O–H groups in total. The molecule has 0 aliphatic heterocycles. The normalized spacial score (nSPS) is 14.1. The van der Waals surface area contributed by atoms with E-state index in [0.717, 1.165) is 12.1 Å². The molecule has 78 valence electrons. The average molecular weight is 316 g/mol. The molecule has 5 heteroatoms. The second-order valence-corrected chi connectivity index (χ2v) is 4.19. The first-order valence-electron chi connectivity index (χ1n) is 3.86. The summed E-state index contributed by atoms with van der Waals surface area (Å²) < 4.78 is 37.4. The molecule has 0 bridgehead atoms. The predicted molar refractivity (Wildman–Crippen MR) is 54.8 cm³/mol. The Morgan fingerprint density at radius 1 is 1.29 bits per heavy atom. The second-order valence-electron chi connectivity index (χ2n) is 2.95. The van der Waals surface area contributed by atoms with Crippen LogP contribution < -0.4 is 0 Å². The molecule has 0 saturated heterocycles. The van der Waals surface area contributed by atoms with Crippen LogP contribution in [0.3, 0.4) is 0 Å². The number of hydrogen-bond donors (Lipinski definition) is 1. The van der Waals surface area contributed by atoms with Gasteiger partial charge in [0.05, 0.1) is 11.7 Å². The fourth-order valence-corrected chi connectivity index (χ4v) is 1.71. The van der Waals surface area contributed by atoms with E-state index in [0.29, 0.717) is 3.57 Å². The average Bonchev–Trinajstić information content (AvgIpc) is 2.01. The van der Waals surface area contributed by atoms with Gasteiger partial charge >= 0.3 is 6.18 Å². The molecule has 1 aromatic rings. The third-order valence-electron chi connectivity index (χ3n) is 1.73. The Labute approximate surface area is 93.1 Å². The SMILES string of the molecule is CC(O)c1cc(I)cc(C(F)(F)F)c1. The summed E-state index contributed by atoms with van der Waals surface area (Å²) in [5.41, 5.74) is -0.440. The lowest BCUT2D eigenvalue weighted by atomic mass is 10.1. The molecule has 0 fully saturated rings. The maximum Gasteiger partial charge on any atom is 0.416 e. The lowest BCUT2D eigenvalue weighted by Crippen LogP contribution is -2.07. The van der Waals surface area contributed by atoms with Crippen molar-refractivity contribution in [3.63, 3.8) is 0 Å². The highest BCUT2D eigenvalue weighted by Crippen LogP contribution is 2.32. The molecule has 1 nitrogen and oxygen atoms in total. The van der Waals surface area contributed by atoms with E-state index in [1.54, 1.807) is 22.6 Å². The minimum absolute atomic E-state index is 0.282. The van der Waals surface area contributed by atoms with Gasteiger partial charge in [-0.1, -0.05) is 0 Å². The maximum absolute atomic E-state index is 12.3. The first kappa shape index (κ1) is 11.8. The van der Waals surface area contributed by atoms with Gasteiger partial charge in [-0.3, -0.25) is 0 Å². The minimum Gasteiger partial charge on any atom is -0.389 e. The van der Waals surface area contributed by atoms with E-state index >= 15 is 0 Å². The number of hydrogen-bond acceptors (Lipinski definition) is 1. The van der Waals surface area contributed by atoms with Crippen LogP contribution in [0.15, 0.2) is 18.2 Å². The predicted octanol–water partition coefficient (Wildman–Crippen LogP) is 3.36. The van der Waals surface area contributed by atoms with E-state index in [1.807, 2.05) is 0 Å². The van der Waals surface area contributed by atoms with Crippen molar-refractivity contribution in [2.24, 2.45) is 0 Å². The van der Waals surface area contributed by atoms with Crippen LogP contribution in [0.5, 0.6) is 0 Å². The highest BCUT2D eigenvalue weighted by Gasteiger charge is 2.31. The molecule has 1 unspecified atom stereocenters. The quantitative estimate of drug-likeness (QED) is 0.788. The van der Waals surface area contributed by atoms with E-state index in [9.17, 15) is 13.2 Å². The summed E-state index contributed by atoms with van der Waals surface area (Å²) in [7, 11) is 0.